The van der Waals surface area contributed by atoms with E-state index in [0.717, 1.165) is 25.3 Å². The molecule has 0 aromatic heterocycles. The van der Waals surface area contributed by atoms with E-state index in [4.69, 9.17) is 0 Å². The molecule has 0 saturated heterocycles. The van der Waals surface area contributed by atoms with Crippen molar-refractivity contribution in [2.24, 2.45) is 0 Å². The molecule has 0 fully saturated rings. The van der Waals surface area contributed by atoms with E-state index in [1.165, 1.54) is 23.2 Å². The number of hydrogen-bond acceptors (Lipinski definition) is 2. The molecule has 0 aliphatic carbocycles. The van der Waals surface area contributed by atoms with Crippen LogP contribution in [0.4, 0.5) is 0 Å². The van der Waals surface area contributed by atoms with Crippen LogP contribution in [0.1, 0.15) is 27.2 Å². The second-order valence-corrected chi connectivity index (χ2v) is 5.06. The van der Waals surface area contributed by atoms with Crippen molar-refractivity contribution in [3.05, 3.63) is 0 Å². The first-order chi connectivity index (χ1) is 5.74. The fourth-order valence-corrected chi connectivity index (χ4v) is 1.35. The summed E-state index contributed by atoms with van der Waals surface area (Å²) in [5.41, 5.74) is 0.945. The van der Waals surface area contributed by atoms with Crippen LogP contribution in [-0.2, 0) is 0 Å². The molecule has 0 aliphatic heterocycles. The van der Waals surface area contributed by atoms with Crippen molar-refractivity contribution < 1.29 is 0 Å². The van der Waals surface area contributed by atoms with E-state index in [0.29, 0.717) is 0 Å². The van der Waals surface area contributed by atoms with Crippen LogP contribution >= 0.6 is 0 Å². The van der Waals surface area contributed by atoms with Crippen LogP contribution < -0.4 is 5.32 Å². The first-order valence-electron chi connectivity index (χ1n) is 5.17. The Kier molecular flexibility index (Phi) is 7.86. The van der Waals surface area contributed by atoms with Gasteiger partial charge in [-0.05, 0) is 25.2 Å². The van der Waals surface area contributed by atoms with Crippen molar-refractivity contribution in [2.45, 2.75) is 32.7 Å². The lowest BCUT2D eigenvalue weighted by atomic mass is 10.3. The molecule has 2 nitrogen and oxygen atoms in total. The van der Waals surface area contributed by atoms with Gasteiger partial charge in [0.1, 0.15) is 0 Å². The van der Waals surface area contributed by atoms with E-state index in [-0.39, 0.29) is 0 Å². The number of hydrogen-bond donors (Lipinski definition) is 1. The van der Waals surface area contributed by atoms with Crippen molar-refractivity contribution in [3.8, 4) is 0 Å². The van der Waals surface area contributed by atoms with Crippen LogP contribution in [0, 0.1) is 0 Å². The highest BCUT2D eigenvalue weighted by Gasteiger charge is 2.00. The average molecular weight is 188 g/mol. The summed E-state index contributed by atoms with van der Waals surface area (Å²) in [6.07, 6.45) is 1.33. The van der Waals surface area contributed by atoms with E-state index >= 15 is 0 Å². The summed E-state index contributed by atoms with van der Waals surface area (Å²) in [6, 6.07) is 0. The Hall–Kier alpha value is 0.137. The molecule has 1 atom stereocenters. The highest BCUT2D eigenvalue weighted by Crippen LogP contribution is 2.00. The summed E-state index contributed by atoms with van der Waals surface area (Å²) in [5, 5.41) is 3.50. The fraction of sp³-hybridized carbons (Fsp3) is 1.00. The number of nitrogens with zero attached hydrogens (tertiary/aromatic N) is 1. The minimum Gasteiger partial charge on any atom is -0.304 e. The normalized spacial score (nSPS) is 14.0. The van der Waals surface area contributed by atoms with Gasteiger partial charge in [-0.15, -0.1) is 0 Å². The molecule has 0 amide bonds. The SMILES string of the molecule is CCC([SiH3])CNCN(CC)CC. The molecule has 1 unspecified atom stereocenters. The maximum absolute atomic E-state index is 3.50. The van der Waals surface area contributed by atoms with Gasteiger partial charge in [0.2, 0.25) is 0 Å². The predicted octanol–water partition coefficient (Wildman–Crippen LogP) is 0.439. The molecular formula is C9H24N2Si. The van der Waals surface area contributed by atoms with E-state index in [2.05, 4.69) is 31.0 Å². The fourth-order valence-electron chi connectivity index (χ4n) is 1.06. The summed E-state index contributed by atoms with van der Waals surface area (Å²) in [7, 11) is 1.32. The zero-order chi connectivity index (χ0) is 9.40. The van der Waals surface area contributed by atoms with E-state index in [9.17, 15) is 0 Å². The van der Waals surface area contributed by atoms with Crippen molar-refractivity contribution in [3.63, 3.8) is 0 Å². The molecule has 0 aromatic rings. The van der Waals surface area contributed by atoms with Crippen molar-refractivity contribution in [1.29, 1.82) is 0 Å². The minimum absolute atomic E-state index is 0.945. The van der Waals surface area contributed by atoms with Crippen molar-refractivity contribution in [2.75, 3.05) is 26.3 Å². The Balaban J connectivity index is 3.28. The highest BCUT2D eigenvalue weighted by atomic mass is 28.1. The van der Waals surface area contributed by atoms with Gasteiger partial charge in [0, 0.05) is 16.9 Å². The monoisotopic (exact) mass is 188 g/mol. The van der Waals surface area contributed by atoms with Gasteiger partial charge in [-0.3, -0.25) is 4.90 Å². The molecule has 0 radical (unpaired) electrons. The van der Waals surface area contributed by atoms with Crippen LogP contribution in [0.5, 0.6) is 0 Å². The number of rotatable bonds is 7. The lowest BCUT2D eigenvalue weighted by Crippen LogP contribution is -2.35. The van der Waals surface area contributed by atoms with Gasteiger partial charge >= 0.3 is 0 Å². The summed E-state index contributed by atoms with van der Waals surface area (Å²) in [4.78, 5) is 2.41. The summed E-state index contributed by atoms with van der Waals surface area (Å²) >= 11 is 0. The molecule has 0 heterocycles. The van der Waals surface area contributed by atoms with Crippen molar-refractivity contribution in [1.82, 2.24) is 10.2 Å². The van der Waals surface area contributed by atoms with Crippen LogP contribution in [0.25, 0.3) is 0 Å². The third-order valence-electron chi connectivity index (χ3n) is 2.42. The molecule has 3 heteroatoms. The molecule has 1 N–H and O–H groups in total. The minimum atomic E-state index is 0.945. The van der Waals surface area contributed by atoms with Crippen LogP contribution in [0.15, 0.2) is 0 Å². The Bertz CT molecular complexity index is 94.5. The maximum atomic E-state index is 3.50. The third-order valence-corrected chi connectivity index (χ3v) is 3.64. The van der Waals surface area contributed by atoms with E-state index < -0.39 is 0 Å². The van der Waals surface area contributed by atoms with E-state index in [1.54, 1.807) is 0 Å². The molecule has 74 valence electrons. The molecule has 0 spiro atoms. The van der Waals surface area contributed by atoms with Crippen molar-refractivity contribution >= 4 is 10.2 Å². The van der Waals surface area contributed by atoms with Gasteiger partial charge in [-0.25, -0.2) is 0 Å². The topological polar surface area (TPSA) is 15.3 Å². The Morgan fingerprint density at radius 1 is 1.25 bits per heavy atom. The predicted molar refractivity (Wildman–Crippen MR) is 59.8 cm³/mol. The van der Waals surface area contributed by atoms with Crippen LogP contribution in [0.2, 0.25) is 5.54 Å². The second-order valence-electron chi connectivity index (χ2n) is 3.43. The molecule has 0 aromatic carbocycles. The lowest BCUT2D eigenvalue weighted by Gasteiger charge is -2.19. The Morgan fingerprint density at radius 3 is 2.25 bits per heavy atom. The zero-order valence-corrected chi connectivity index (χ0v) is 11.1. The van der Waals surface area contributed by atoms with Gasteiger partial charge in [0.25, 0.3) is 0 Å². The van der Waals surface area contributed by atoms with Crippen LogP contribution in [0.3, 0.4) is 0 Å². The first-order valence-corrected chi connectivity index (χ1v) is 6.33. The highest BCUT2D eigenvalue weighted by molar-refractivity contribution is 6.11. The summed E-state index contributed by atoms with van der Waals surface area (Å²) in [5.74, 6) is 0. The average Bonchev–Trinajstić information content (AvgIpc) is 2.12. The lowest BCUT2D eigenvalue weighted by molar-refractivity contribution is 0.279. The molecule has 12 heavy (non-hydrogen) atoms. The molecule has 0 rings (SSSR count). The van der Waals surface area contributed by atoms with Gasteiger partial charge in [-0.2, -0.15) is 0 Å². The second kappa shape index (κ2) is 7.77. The van der Waals surface area contributed by atoms with Gasteiger partial charge < -0.3 is 5.32 Å². The maximum Gasteiger partial charge on any atom is 0.0480 e. The van der Waals surface area contributed by atoms with Gasteiger partial charge in [-0.1, -0.05) is 27.2 Å². The Labute approximate surface area is 80.1 Å². The smallest absolute Gasteiger partial charge is 0.0480 e. The molecular weight excluding hydrogens is 164 g/mol. The summed E-state index contributed by atoms with van der Waals surface area (Å²) in [6.45, 7) is 11.3. The quantitative estimate of drug-likeness (QED) is 0.461. The zero-order valence-electron chi connectivity index (χ0n) is 9.06. The van der Waals surface area contributed by atoms with E-state index in [1.807, 2.05) is 0 Å². The summed E-state index contributed by atoms with van der Waals surface area (Å²) < 4.78 is 0. The Morgan fingerprint density at radius 2 is 1.83 bits per heavy atom. The first kappa shape index (κ1) is 12.1. The molecule has 0 bridgehead atoms. The van der Waals surface area contributed by atoms with Gasteiger partial charge in [0.05, 0.1) is 0 Å². The largest absolute Gasteiger partial charge is 0.304 e. The third kappa shape index (κ3) is 5.74. The van der Waals surface area contributed by atoms with Gasteiger partial charge in [0.15, 0.2) is 0 Å². The van der Waals surface area contributed by atoms with Crippen LogP contribution in [-0.4, -0.2) is 41.4 Å². The molecule has 0 aliphatic rings. The standard InChI is InChI=1S/C9H24N2Si/c1-4-9(12)7-10-8-11(5-2)6-3/h9-10H,4-8H2,1-3,12H3. The molecule has 0 saturated carbocycles. The number of nitrogens with one attached hydrogen (secondary N) is 1.